The Morgan fingerprint density at radius 1 is 0.844 bits per heavy atom. The van der Waals surface area contributed by atoms with Gasteiger partial charge in [-0.15, -0.1) is 0 Å². The summed E-state index contributed by atoms with van der Waals surface area (Å²) in [6.07, 6.45) is 5.41. The van der Waals surface area contributed by atoms with Gasteiger partial charge in [-0.3, -0.25) is 9.59 Å². The molecule has 2 aromatic rings. The number of esters is 2. The van der Waals surface area contributed by atoms with Crippen LogP contribution in [-0.2, 0) is 34.2 Å². The van der Waals surface area contributed by atoms with Crippen molar-refractivity contribution < 1.29 is 37.9 Å². The number of quaternary nitrogens is 1. The van der Waals surface area contributed by atoms with Crippen molar-refractivity contribution in [2.75, 3.05) is 33.2 Å². The number of nitrogens with zero attached hydrogens (tertiary/aromatic N) is 2. The van der Waals surface area contributed by atoms with Crippen LogP contribution in [0.25, 0.3) is 0 Å². The van der Waals surface area contributed by atoms with Gasteiger partial charge in [-0.1, -0.05) is 60.7 Å². The molecule has 2 atom stereocenters. The van der Waals surface area contributed by atoms with Gasteiger partial charge in [0.05, 0.1) is 25.2 Å². The fourth-order valence-corrected chi connectivity index (χ4v) is 7.53. The number of ether oxygens (including phenoxy) is 3. The quantitative estimate of drug-likeness (QED) is 0.253. The Bertz CT molecular complexity index is 1310. The number of rotatable bonds is 9. The summed E-state index contributed by atoms with van der Waals surface area (Å²) in [5, 5.41) is 2.41. The Labute approximate surface area is 265 Å². The standard InChI is InChI=1S/C35H45N3O7/c1-34(2,3)45-33(42)36-23-30(39)37(4)24-31(40)44-35(25-13-7-5-8-14-25,26-15-9-6-10-16-26)32(41)43-29-21-27-17-18-28(22-29)38(27)19-11-12-20-38/h5-10,13-16,27-29H,11-12,17-24H2,1-4H3/p+1. The molecule has 2 aromatic carbocycles. The van der Waals surface area contributed by atoms with Crippen LogP contribution in [0.15, 0.2) is 60.7 Å². The van der Waals surface area contributed by atoms with Gasteiger partial charge in [-0.2, -0.15) is 0 Å². The maximum atomic E-state index is 14.5. The first kappa shape index (κ1) is 32.5. The van der Waals surface area contributed by atoms with Crippen LogP contribution in [-0.4, -0.2) is 90.3 Å². The second kappa shape index (κ2) is 13.2. The van der Waals surface area contributed by atoms with E-state index < -0.39 is 41.7 Å². The Balaban J connectivity index is 1.35. The van der Waals surface area contributed by atoms with Crippen LogP contribution >= 0.6 is 0 Å². The summed E-state index contributed by atoms with van der Waals surface area (Å²) in [6, 6.07) is 18.8. The van der Waals surface area contributed by atoms with Gasteiger partial charge in [0.15, 0.2) is 0 Å². The Kier molecular flexibility index (Phi) is 9.53. The molecule has 2 amide bonds. The molecule has 5 rings (SSSR count). The van der Waals surface area contributed by atoms with E-state index in [9.17, 15) is 19.2 Å². The maximum absolute atomic E-state index is 14.5. The van der Waals surface area contributed by atoms with Crippen molar-refractivity contribution in [2.24, 2.45) is 0 Å². The SMILES string of the molecule is CN(CC(=O)OC(C(=O)OC1CC2CCC(C1)[N+]21CCCC1)(c1ccccc1)c1ccccc1)C(=O)CNC(=O)OC(C)(C)C. The van der Waals surface area contributed by atoms with E-state index in [0.29, 0.717) is 23.2 Å². The van der Waals surface area contributed by atoms with E-state index in [1.54, 1.807) is 69.3 Å². The first-order valence-electron chi connectivity index (χ1n) is 16.0. The van der Waals surface area contributed by atoms with Crippen molar-refractivity contribution in [2.45, 2.75) is 88.7 Å². The first-order chi connectivity index (χ1) is 21.4. The monoisotopic (exact) mass is 620 g/mol. The predicted molar refractivity (Wildman–Crippen MR) is 167 cm³/mol. The molecule has 10 nitrogen and oxygen atoms in total. The molecule has 1 N–H and O–H groups in total. The van der Waals surface area contributed by atoms with Gasteiger partial charge in [-0.05, 0) is 20.8 Å². The molecule has 242 valence electrons. The number of nitrogens with one attached hydrogen (secondary N) is 1. The predicted octanol–water partition coefficient (Wildman–Crippen LogP) is 4.30. The van der Waals surface area contributed by atoms with Crippen LogP contribution in [0.4, 0.5) is 4.79 Å². The third-order valence-electron chi connectivity index (χ3n) is 9.52. The average Bonchev–Trinajstić information content (AvgIpc) is 3.55. The minimum Gasteiger partial charge on any atom is -0.458 e. The van der Waals surface area contributed by atoms with E-state index in [1.165, 1.54) is 37.5 Å². The lowest BCUT2D eigenvalue weighted by atomic mass is 9.85. The van der Waals surface area contributed by atoms with Crippen LogP contribution in [0.1, 0.15) is 70.4 Å². The molecule has 3 saturated heterocycles. The second-order valence-corrected chi connectivity index (χ2v) is 13.6. The number of carbonyl (C=O) groups is 4. The normalized spacial score (nSPS) is 22.0. The number of carbonyl (C=O) groups excluding carboxylic acids is 4. The van der Waals surface area contributed by atoms with Crippen molar-refractivity contribution in [1.29, 1.82) is 0 Å². The summed E-state index contributed by atoms with van der Waals surface area (Å²) >= 11 is 0. The molecule has 3 aliphatic rings. The van der Waals surface area contributed by atoms with Crippen LogP contribution in [0.3, 0.4) is 0 Å². The second-order valence-electron chi connectivity index (χ2n) is 13.6. The highest BCUT2D eigenvalue weighted by molar-refractivity contribution is 5.90. The zero-order valence-electron chi connectivity index (χ0n) is 26.8. The third-order valence-corrected chi connectivity index (χ3v) is 9.52. The largest absolute Gasteiger partial charge is 0.458 e. The van der Waals surface area contributed by atoms with Gasteiger partial charge < -0.3 is 28.9 Å². The highest BCUT2D eigenvalue weighted by atomic mass is 16.6. The van der Waals surface area contributed by atoms with Gasteiger partial charge in [0.1, 0.15) is 24.8 Å². The highest BCUT2D eigenvalue weighted by Crippen LogP contribution is 2.47. The number of hydrogen-bond donors (Lipinski definition) is 1. The molecule has 0 radical (unpaired) electrons. The number of piperidine rings is 1. The Morgan fingerprint density at radius 2 is 1.38 bits per heavy atom. The zero-order valence-corrected chi connectivity index (χ0v) is 26.8. The molecule has 2 bridgehead atoms. The summed E-state index contributed by atoms with van der Waals surface area (Å²) in [7, 11) is 1.43. The maximum Gasteiger partial charge on any atom is 0.408 e. The topological polar surface area (TPSA) is 111 Å². The van der Waals surface area contributed by atoms with Gasteiger partial charge in [0.25, 0.3) is 5.60 Å². The molecule has 10 heteroatoms. The zero-order chi connectivity index (χ0) is 32.2. The molecule has 0 aliphatic carbocycles. The van der Waals surface area contributed by atoms with Gasteiger partial charge in [0, 0.05) is 56.7 Å². The Hall–Kier alpha value is -3.92. The average molecular weight is 621 g/mol. The lowest BCUT2D eigenvalue weighted by Crippen LogP contribution is -2.60. The molecule has 2 unspecified atom stereocenters. The van der Waals surface area contributed by atoms with Crippen molar-refractivity contribution in [3.63, 3.8) is 0 Å². The van der Waals surface area contributed by atoms with E-state index in [0.717, 1.165) is 30.6 Å². The summed E-state index contributed by atoms with van der Waals surface area (Å²) in [5.74, 6) is -1.96. The van der Waals surface area contributed by atoms with Crippen molar-refractivity contribution in [1.82, 2.24) is 10.2 Å². The fourth-order valence-electron chi connectivity index (χ4n) is 7.53. The highest BCUT2D eigenvalue weighted by Gasteiger charge is 2.57. The van der Waals surface area contributed by atoms with Gasteiger partial charge in [-0.25, -0.2) is 9.59 Å². The fraction of sp³-hybridized carbons (Fsp3) is 0.543. The minimum absolute atomic E-state index is 0.270. The van der Waals surface area contributed by atoms with Gasteiger partial charge in [0.2, 0.25) is 5.91 Å². The number of amides is 2. The van der Waals surface area contributed by atoms with Crippen LogP contribution in [0, 0.1) is 0 Å². The number of alkyl carbamates (subject to hydrolysis) is 1. The van der Waals surface area contributed by atoms with E-state index in [-0.39, 0.29) is 12.6 Å². The van der Waals surface area contributed by atoms with Crippen LogP contribution in [0.2, 0.25) is 0 Å². The summed E-state index contributed by atoms with van der Waals surface area (Å²) < 4.78 is 18.9. The van der Waals surface area contributed by atoms with E-state index >= 15 is 0 Å². The van der Waals surface area contributed by atoms with E-state index in [2.05, 4.69) is 5.32 Å². The smallest absolute Gasteiger partial charge is 0.408 e. The van der Waals surface area contributed by atoms with Crippen molar-refractivity contribution in [3.05, 3.63) is 71.8 Å². The summed E-state index contributed by atoms with van der Waals surface area (Å²) in [6.45, 7) is 6.77. The van der Waals surface area contributed by atoms with Crippen LogP contribution in [0.5, 0.6) is 0 Å². The molecule has 3 heterocycles. The lowest BCUT2D eigenvalue weighted by molar-refractivity contribution is -0.956. The van der Waals surface area contributed by atoms with Crippen molar-refractivity contribution >= 4 is 23.9 Å². The Morgan fingerprint density at radius 3 is 1.89 bits per heavy atom. The molecular formula is C35H46N3O7+. The summed E-state index contributed by atoms with van der Waals surface area (Å²) in [4.78, 5) is 54.0. The summed E-state index contributed by atoms with van der Waals surface area (Å²) in [5.41, 5.74) is -1.69. The number of hydrogen-bond acceptors (Lipinski definition) is 7. The third kappa shape index (κ3) is 7.01. The molecule has 45 heavy (non-hydrogen) atoms. The first-order valence-corrected chi connectivity index (χ1v) is 16.0. The molecule has 3 aliphatic heterocycles. The van der Waals surface area contributed by atoms with E-state index in [1.807, 2.05) is 12.1 Å². The molecule has 0 aromatic heterocycles. The molecular weight excluding hydrogens is 574 g/mol. The number of benzene rings is 2. The minimum atomic E-state index is -1.88. The van der Waals surface area contributed by atoms with E-state index in [4.69, 9.17) is 14.2 Å². The molecule has 3 fully saturated rings. The van der Waals surface area contributed by atoms with Gasteiger partial charge >= 0.3 is 18.0 Å². The molecule has 0 saturated carbocycles. The lowest BCUT2D eigenvalue weighted by Gasteiger charge is -2.47. The number of likely N-dealkylation sites (N-methyl/N-ethyl adjacent to an activating group) is 1. The van der Waals surface area contributed by atoms with Crippen molar-refractivity contribution in [3.8, 4) is 0 Å². The molecule has 1 spiro atoms. The van der Waals surface area contributed by atoms with Crippen LogP contribution < -0.4 is 5.32 Å².